The van der Waals surface area contributed by atoms with Crippen molar-refractivity contribution < 1.29 is 9.90 Å². The van der Waals surface area contributed by atoms with Crippen molar-refractivity contribution in [1.82, 2.24) is 4.98 Å². The predicted octanol–water partition coefficient (Wildman–Crippen LogP) is 3.04. The van der Waals surface area contributed by atoms with Gasteiger partial charge in [-0.25, -0.2) is 4.79 Å². The van der Waals surface area contributed by atoms with Gasteiger partial charge in [0.15, 0.2) is 0 Å². The number of benzene rings is 1. The first kappa shape index (κ1) is 13.6. The average molecular weight is 282 g/mol. The molecule has 0 spiro atoms. The van der Waals surface area contributed by atoms with Gasteiger partial charge in [-0.05, 0) is 49.1 Å². The third-order valence-corrected chi connectivity index (χ3v) is 3.92. The van der Waals surface area contributed by atoms with E-state index in [9.17, 15) is 9.90 Å². The van der Waals surface area contributed by atoms with E-state index >= 15 is 0 Å². The maximum atomic E-state index is 11.3. The third kappa shape index (κ3) is 2.75. The Morgan fingerprint density at radius 2 is 2.19 bits per heavy atom. The molecule has 1 aromatic heterocycles. The first-order chi connectivity index (χ1) is 10.1. The lowest BCUT2D eigenvalue weighted by Gasteiger charge is -2.32. The molecule has 0 atom stereocenters. The zero-order chi connectivity index (χ0) is 14.8. The number of carboxylic acid groups (broad SMARTS) is 1. The molecule has 1 aromatic carbocycles. The summed E-state index contributed by atoms with van der Waals surface area (Å²) in [6.45, 7) is 3.69. The second-order valence-electron chi connectivity index (χ2n) is 5.44. The van der Waals surface area contributed by atoms with Gasteiger partial charge in [-0.2, -0.15) is 0 Å². The van der Waals surface area contributed by atoms with E-state index in [-0.39, 0.29) is 0 Å². The summed E-state index contributed by atoms with van der Waals surface area (Å²) >= 11 is 0. The highest BCUT2D eigenvalue weighted by atomic mass is 16.4. The van der Waals surface area contributed by atoms with E-state index in [2.05, 4.69) is 16.0 Å². The number of rotatable bonds is 3. The Morgan fingerprint density at radius 3 is 2.90 bits per heavy atom. The Hall–Kier alpha value is -2.36. The monoisotopic (exact) mass is 282 g/mol. The molecule has 21 heavy (non-hydrogen) atoms. The van der Waals surface area contributed by atoms with Crippen molar-refractivity contribution in [3.05, 3.63) is 58.9 Å². The minimum Gasteiger partial charge on any atom is -0.478 e. The fourth-order valence-corrected chi connectivity index (χ4v) is 2.88. The number of carboxylic acids is 1. The number of nitrogens with zero attached hydrogens (tertiary/aromatic N) is 2. The first-order valence-corrected chi connectivity index (χ1v) is 7.17. The van der Waals surface area contributed by atoms with Gasteiger partial charge in [-0.15, -0.1) is 0 Å². The van der Waals surface area contributed by atoms with Gasteiger partial charge in [-0.3, -0.25) is 4.98 Å². The Balaban J connectivity index is 1.92. The molecule has 1 aliphatic rings. The lowest BCUT2D eigenvalue weighted by molar-refractivity contribution is 0.0695. The summed E-state index contributed by atoms with van der Waals surface area (Å²) in [4.78, 5) is 17.9. The highest BCUT2D eigenvalue weighted by molar-refractivity contribution is 5.91. The maximum absolute atomic E-state index is 11.3. The first-order valence-electron chi connectivity index (χ1n) is 7.17. The molecule has 1 aliphatic heterocycles. The molecule has 0 saturated heterocycles. The molecular formula is C17H18N2O2. The molecule has 0 saturated carbocycles. The molecule has 3 rings (SSSR count). The summed E-state index contributed by atoms with van der Waals surface area (Å²) in [7, 11) is 0. The molecule has 0 bridgehead atoms. The van der Waals surface area contributed by atoms with Crippen molar-refractivity contribution >= 4 is 11.7 Å². The molecule has 0 radical (unpaired) electrons. The van der Waals surface area contributed by atoms with Crippen LogP contribution >= 0.6 is 0 Å². The summed E-state index contributed by atoms with van der Waals surface area (Å²) in [5, 5.41) is 9.32. The predicted molar refractivity (Wildman–Crippen MR) is 81.7 cm³/mol. The van der Waals surface area contributed by atoms with Gasteiger partial charge < -0.3 is 10.0 Å². The Morgan fingerprint density at radius 1 is 1.33 bits per heavy atom. The molecule has 0 amide bonds. The summed E-state index contributed by atoms with van der Waals surface area (Å²) in [5.74, 6) is -0.842. The van der Waals surface area contributed by atoms with Crippen molar-refractivity contribution in [1.29, 1.82) is 0 Å². The van der Waals surface area contributed by atoms with Crippen molar-refractivity contribution in [3.63, 3.8) is 0 Å². The van der Waals surface area contributed by atoms with Gasteiger partial charge in [0.25, 0.3) is 0 Å². The molecule has 1 N–H and O–H groups in total. The van der Waals surface area contributed by atoms with Gasteiger partial charge in [0, 0.05) is 30.7 Å². The van der Waals surface area contributed by atoms with E-state index < -0.39 is 5.97 Å². The number of pyridine rings is 1. The van der Waals surface area contributed by atoms with E-state index in [1.54, 1.807) is 6.07 Å². The smallest absolute Gasteiger partial charge is 0.336 e. The molecule has 4 nitrogen and oxygen atoms in total. The topological polar surface area (TPSA) is 53.4 Å². The summed E-state index contributed by atoms with van der Waals surface area (Å²) < 4.78 is 0. The normalized spacial score (nSPS) is 13.9. The van der Waals surface area contributed by atoms with Crippen LogP contribution in [0, 0.1) is 6.92 Å². The van der Waals surface area contributed by atoms with Crippen LogP contribution in [0.15, 0.2) is 36.5 Å². The van der Waals surface area contributed by atoms with Crippen LogP contribution in [-0.4, -0.2) is 22.6 Å². The molecule has 108 valence electrons. The molecule has 0 fully saturated rings. The minimum atomic E-state index is -0.842. The summed E-state index contributed by atoms with van der Waals surface area (Å²) in [6, 6.07) is 9.63. The number of carbonyl (C=O) groups is 1. The van der Waals surface area contributed by atoms with Crippen LogP contribution in [0.1, 0.15) is 33.6 Å². The van der Waals surface area contributed by atoms with E-state index in [4.69, 9.17) is 0 Å². The van der Waals surface area contributed by atoms with Crippen LogP contribution in [0.5, 0.6) is 0 Å². The summed E-state index contributed by atoms with van der Waals surface area (Å²) in [6.07, 6.45) is 3.71. The fraction of sp³-hybridized carbons (Fsp3) is 0.294. The lowest BCUT2D eigenvalue weighted by atomic mass is 9.96. The minimum absolute atomic E-state index is 0.430. The molecular weight excluding hydrogens is 264 g/mol. The van der Waals surface area contributed by atoms with Crippen LogP contribution in [0.3, 0.4) is 0 Å². The van der Waals surface area contributed by atoms with E-state index in [0.717, 1.165) is 48.4 Å². The quantitative estimate of drug-likeness (QED) is 0.940. The zero-order valence-corrected chi connectivity index (χ0v) is 12.0. The van der Waals surface area contributed by atoms with E-state index in [0.29, 0.717) is 5.56 Å². The molecule has 0 aliphatic carbocycles. The Labute approximate surface area is 124 Å². The zero-order valence-electron chi connectivity index (χ0n) is 12.0. The van der Waals surface area contributed by atoms with E-state index in [1.165, 1.54) is 0 Å². The van der Waals surface area contributed by atoms with Crippen LogP contribution in [0.25, 0.3) is 0 Å². The number of anilines is 1. The van der Waals surface area contributed by atoms with Crippen LogP contribution < -0.4 is 4.90 Å². The Kier molecular flexibility index (Phi) is 3.60. The van der Waals surface area contributed by atoms with Crippen molar-refractivity contribution in [2.75, 3.05) is 11.4 Å². The van der Waals surface area contributed by atoms with Crippen molar-refractivity contribution in [2.24, 2.45) is 0 Å². The van der Waals surface area contributed by atoms with E-state index in [1.807, 2.05) is 31.3 Å². The number of aromatic carboxylic acids is 1. The number of fused-ring (bicyclic) bond motifs is 1. The highest BCUT2D eigenvalue weighted by Crippen LogP contribution is 2.31. The summed E-state index contributed by atoms with van der Waals surface area (Å²) in [5.41, 5.74) is 4.58. The third-order valence-electron chi connectivity index (χ3n) is 3.92. The fourth-order valence-electron chi connectivity index (χ4n) is 2.88. The number of hydrogen-bond donors (Lipinski definition) is 1. The molecule has 0 unspecified atom stereocenters. The maximum Gasteiger partial charge on any atom is 0.336 e. The second kappa shape index (κ2) is 5.56. The van der Waals surface area contributed by atoms with Crippen LogP contribution in [-0.2, 0) is 13.0 Å². The molecule has 2 heterocycles. The highest BCUT2D eigenvalue weighted by Gasteiger charge is 2.21. The average Bonchev–Trinajstić information content (AvgIpc) is 2.49. The number of aromatic nitrogens is 1. The SMILES string of the molecule is Cc1ccc(CN2CCCc3c(C(=O)O)cccc32)cn1. The van der Waals surface area contributed by atoms with Gasteiger partial charge in [-0.1, -0.05) is 12.1 Å². The van der Waals surface area contributed by atoms with Crippen molar-refractivity contribution in [2.45, 2.75) is 26.3 Å². The second-order valence-corrected chi connectivity index (χ2v) is 5.44. The standard InChI is InChI=1S/C17H18N2O2/c1-12-7-8-13(10-18-12)11-19-9-3-5-14-15(17(20)21)4-2-6-16(14)19/h2,4,6-8,10H,3,5,9,11H2,1H3,(H,20,21). The van der Waals surface area contributed by atoms with Crippen molar-refractivity contribution in [3.8, 4) is 0 Å². The van der Waals surface area contributed by atoms with Crippen LogP contribution in [0.2, 0.25) is 0 Å². The van der Waals surface area contributed by atoms with Gasteiger partial charge in [0.05, 0.1) is 5.56 Å². The number of hydrogen-bond acceptors (Lipinski definition) is 3. The molecule has 2 aromatic rings. The van der Waals surface area contributed by atoms with Gasteiger partial charge >= 0.3 is 5.97 Å². The van der Waals surface area contributed by atoms with Gasteiger partial charge in [0.1, 0.15) is 0 Å². The van der Waals surface area contributed by atoms with Crippen LogP contribution in [0.4, 0.5) is 5.69 Å². The molecule has 4 heteroatoms. The number of aryl methyl sites for hydroxylation is 1. The largest absolute Gasteiger partial charge is 0.478 e. The Bertz CT molecular complexity index is 665. The lowest BCUT2D eigenvalue weighted by Crippen LogP contribution is -2.29. The van der Waals surface area contributed by atoms with Gasteiger partial charge in [0.2, 0.25) is 0 Å².